The van der Waals surface area contributed by atoms with Crippen LogP contribution in [0.25, 0.3) is 0 Å². The first kappa shape index (κ1) is 15.2. The van der Waals surface area contributed by atoms with E-state index in [0.717, 1.165) is 31.5 Å². The first-order valence-electron chi connectivity index (χ1n) is 6.07. The monoisotopic (exact) mass is 319 g/mol. The summed E-state index contributed by atoms with van der Waals surface area (Å²) in [4.78, 5) is 9.80. The lowest BCUT2D eigenvalue weighted by molar-refractivity contribution is -0.387. The van der Waals surface area contributed by atoms with E-state index in [1.165, 1.54) is 6.07 Å². The van der Waals surface area contributed by atoms with Crippen LogP contribution in [-0.4, -0.2) is 32.5 Å². The van der Waals surface area contributed by atoms with Crippen LogP contribution in [0.15, 0.2) is 23.1 Å². The quantitative estimate of drug-likeness (QED) is 0.629. The lowest BCUT2D eigenvalue weighted by atomic mass is 10.2. The van der Waals surface area contributed by atoms with E-state index in [-0.39, 0.29) is 22.5 Å². The number of rotatable bonds is 5. The fourth-order valence-electron chi connectivity index (χ4n) is 2.08. The predicted molar refractivity (Wildman–Crippen MR) is 74.3 cm³/mol. The average molecular weight is 320 g/mol. The van der Waals surface area contributed by atoms with E-state index in [4.69, 9.17) is 11.6 Å². The van der Waals surface area contributed by atoms with Crippen LogP contribution in [0.2, 0.25) is 5.02 Å². The van der Waals surface area contributed by atoms with Gasteiger partial charge in [0.1, 0.15) is 0 Å². The molecule has 0 radical (unpaired) electrons. The van der Waals surface area contributed by atoms with Crippen LogP contribution in [0, 0.1) is 10.1 Å². The molecule has 1 aliphatic heterocycles. The van der Waals surface area contributed by atoms with Crippen molar-refractivity contribution >= 4 is 27.3 Å². The Labute approximate surface area is 121 Å². The third-order valence-electron chi connectivity index (χ3n) is 3.09. The summed E-state index contributed by atoms with van der Waals surface area (Å²) in [6.45, 7) is 1.07. The van der Waals surface area contributed by atoms with Gasteiger partial charge in [0, 0.05) is 23.7 Å². The summed E-state index contributed by atoms with van der Waals surface area (Å²) < 4.78 is 26.7. The van der Waals surface area contributed by atoms with Crippen LogP contribution in [-0.2, 0) is 10.0 Å². The van der Waals surface area contributed by atoms with Crippen molar-refractivity contribution in [2.24, 2.45) is 0 Å². The Kier molecular flexibility index (Phi) is 4.59. The van der Waals surface area contributed by atoms with Crippen LogP contribution in [0.1, 0.15) is 12.8 Å². The molecular formula is C11H14ClN3O4S. The SMILES string of the molecule is O=[N+]([O-])c1cc(Cl)ccc1S(=O)(=O)NCC1CCCN1. The van der Waals surface area contributed by atoms with Gasteiger partial charge in [-0.05, 0) is 31.5 Å². The molecule has 20 heavy (non-hydrogen) atoms. The Bertz CT molecular complexity index is 614. The first-order valence-corrected chi connectivity index (χ1v) is 7.93. The van der Waals surface area contributed by atoms with Gasteiger partial charge >= 0.3 is 0 Å². The maximum atomic E-state index is 12.1. The van der Waals surface area contributed by atoms with Crippen molar-refractivity contribution in [1.82, 2.24) is 10.0 Å². The minimum absolute atomic E-state index is 0.0659. The number of nitro groups is 1. The van der Waals surface area contributed by atoms with Crippen molar-refractivity contribution < 1.29 is 13.3 Å². The molecule has 1 aromatic carbocycles. The predicted octanol–water partition coefficient (Wildman–Crippen LogP) is 1.28. The molecule has 1 heterocycles. The van der Waals surface area contributed by atoms with E-state index in [9.17, 15) is 18.5 Å². The highest BCUT2D eigenvalue weighted by molar-refractivity contribution is 7.89. The standard InChI is InChI=1S/C11H14ClN3O4S/c12-8-3-4-11(10(6-8)15(16)17)20(18,19)14-7-9-2-1-5-13-9/h3-4,6,9,13-14H,1-2,5,7H2. The summed E-state index contributed by atoms with van der Waals surface area (Å²) in [6.07, 6.45) is 1.87. The molecule has 1 fully saturated rings. The third kappa shape index (κ3) is 3.45. The van der Waals surface area contributed by atoms with E-state index < -0.39 is 20.6 Å². The molecule has 1 atom stereocenters. The van der Waals surface area contributed by atoms with Gasteiger partial charge < -0.3 is 5.32 Å². The Hall–Kier alpha value is -1.22. The van der Waals surface area contributed by atoms with Gasteiger partial charge in [0.2, 0.25) is 10.0 Å². The van der Waals surface area contributed by atoms with Crippen LogP contribution in [0.3, 0.4) is 0 Å². The Morgan fingerprint density at radius 1 is 1.50 bits per heavy atom. The number of nitrogens with zero attached hydrogens (tertiary/aromatic N) is 1. The fourth-order valence-corrected chi connectivity index (χ4v) is 3.48. The van der Waals surface area contributed by atoms with E-state index in [2.05, 4.69) is 10.0 Å². The third-order valence-corrected chi connectivity index (χ3v) is 4.80. The summed E-state index contributed by atoms with van der Waals surface area (Å²) >= 11 is 5.66. The lowest BCUT2D eigenvalue weighted by Crippen LogP contribution is -2.37. The van der Waals surface area contributed by atoms with Gasteiger partial charge in [-0.2, -0.15) is 0 Å². The second-order valence-corrected chi connectivity index (χ2v) is 6.69. The smallest absolute Gasteiger partial charge is 0.290 e. The molecular weight excluding hydrogens is 306 g/mol. The molecule has 2 rings (SSSR count). The van der Waals surface area contributed by atoms with Gasteiger partial charge in [0.25, 0.3) is 5.69 Å². The minimum Gasteiger partial charge on any atom is -0.313 e. The first-order chi connectivity index (χ1) is 9.40. The number of hydrogen-bond acceptors (Lipinski definition) is 5. The number of nitro benzene ring substituents is 1. The van der Waals surface area contributed by atoms with Crippen molar-refractivity contribution in [3.05, 3.63) is 33.3 Å². The van der Waals surface area contributed by atoms with Crippen LogP contribution in [0.5, 0.6) is 0 Å². The number of benzene rings is 1. The maximum absolute atomic E-state index is 12.1. The molecule has 1 saturated heterocycles. The van der Waals surface area contributed by atoms with Crippen LogP contribution < -0.4 is 10.0 Å². The molecule has 0 amide bonds. The van der Waals surface area contributed by atoms with Crippen LogP contribution >= 0.6 is 11.6 Å². The summed E-state index contributed by atoms with van der Waals surface area (Å²) in [5.41, 5.74) is -0.524. The number of halogens is 1. The molecule has 0 aliphatic carbocycles. The van der Waals surface area contributed by atoms with Crippen molar-refractivity contribution in [3.8, 4) is 0 Å². The molecule has 7 nitrogen and oxygen atoms in total. The highest BCUT2D eigenvalue weighted by atomic mass is 35.5. The van der Waals surface area contributed by atoms with Crippen molar-refractivity contribution in [2.75, 3.05) is 13.1 Å². The van der Waals surface area contributed by atoms with Gasteiger partial charge in [-0.1, -0.05) is 11.6 Å². The summed E-state index contributed by atoms with van der Waals surface area (Å²) in [5, 5.41) is 14.2. The molecule has 110 valence electrons. The highest BCUT2D eigenvalue weighted by Crippen LogP contribution is 2.27. The van der Waals surface area contributed by atoms with Gasteiger partial charge in [-0.15, -0.1) is 0 Å². The Morgan fingerprint density at radius 2 is 2.25 bits per heavy atom. The van der Waals surface area contributed by atoms with E-state index in [0.29, 0.717) is 0 Å². The van der Waals surface area contributed by atoms with Gasteiger partial charge in [-0.25, -0.2) is 13.1 Å². The normalized spacial score (nSPS) is 19.1. The number of nitrogens with one attached hydrogen (secondary N) is 2. The van der Waals surface area contributed by atoms with Crippen molar-refractivity contribution in [1.29, 1.82) is 0 Å². The Morgan fingerprint density at radius 3 is 2.85 bits per heavy atom. The lowest BCUT2D eigenvalue weighted by Gasteiger charge is -2.12. The molecule has 0 aromatic heterocycles. The molecule has 0 saturated carbocycles. The summed E-state index contributed by atoms with van der Waals surface area (Å²) in [5.74, 6) is 0. The largest absolute Gasteiger partial charge is 0.313 e. The second kappa shape index (κ2) is 6.04. The van der Waals surface area contributed by atoms with E-state index in [1.54, 1.807) is 0 Å². The van der Waals surface area contributed by atoms with Crippen molar-refractivity contribution in [3.63, 3.8) is 0 Å². The molecule has 9 heteroatoms. The fraction of sp³-hybridized carbons (Fsp3) is 0.455. The topological polar surface area (TPSA) is 101 Å². The maximum Gasteiger partial charge on any atom is 0.290 e. The molecule has 1 unspecified atom stereocenters. The van der Waals surface area contributed by atoms with Gasteiger partial charge in [0.05, 0.1) is 4.92 Å². The van der Waals surface area contributed by atoms with Gasteiger partial charge in [-0.3, -0.25) is 10.1 Å². The summed E-state index contributed by atoms with van der Waals surface area (Å²) in [6, 6.07) is 3.56. The molecule has 0 bridgehead atoms. The molecule has 1 aromatic rings. The highest BCUT2D eigenvalue weighted by Gasteiger charge is 2.27. The number of hydrogen-bond donors (Lipinski definition) is 2. The zero-order valence-electron chi connectivity index (χ0n) is 10.5. The van der Waals surface area contributed by atoms with Gasteiger partial charge in [0.15, 0.2) is 4.90 Å². The molecule has 1 aliphatic rings. The Balaban J connectivity index is 2.22. The average Bonchev–Trinajstić information content (AvgIpc) is 2.89. The molecule has 2 N–H and O–H groups in total. The zero-order valence-corrected chi connectivity index (χ0v) is 12.1. The van der Waals surface area contributed by atoms with E-state index >= 15 is 0 Å². The number of sulfonamides is 1. The summed E-state index contributed by atoms with van der Waals surface area (Å²) in [7, 11) is -3.93. The zero-order chi connectivity index (χ0) is 14.8. The van der Waals surface area contributed by atoms with E-state index in [1.807, 2.05) is 0 Å². The van der Waals surface area contributed by atoms with Crippen molar-refractivity contribution in [2.45, 2.75) is 23.8 Å². The molecule has 0 spiro atoms. The minimum atomic E-state index is -3.93. The second-order valence-electron chi connectivity index (χ2n) is 4.51. The van der Waals surface area contributed by atoms with Crippen LogP contribution in [0.4, 0.5) is 5.69 Å².